The summed E-state index contributed by atoms with van der Waals surface area (Å²) in [5.41, 5.74) is 0. The molecule has 0 saturated carbocycles. The number of likely N-dealkylation sites (N-methyl/N-ethyl adjacent to an activating group) is 1. The van der Waals surface area contributed by atoms with Crippen molar-refractivity contribution in [2.24, 2.45) is 5.92 Å². The molecule has 14 unspecified atom stereocenters. The third kappa shape index (κ3) is 20.1. The molecule has 584 valence electrons. The molecule has 21 rings (SSSR count). The van der Waals surface area contributed by atoms with Crippen LogP contribution in [0.3, 0.4) is 0 Å². The van der Waals surface area contributed by atoms with Crippen molar-refractivity contribution in [1.82, 2.24) is 5.32 Å². The number of aliphatic hydroxyl groups is 19. The van der Waals surface area contributed by atoms with Crippen LogP contribution in [-0.4, -0.2) is 441 Å². The molecule has 0 radical (unpaired) electrons. The fourth-order valence-corrected chi connectivity index (χ4v) is 14.7. The number of hydrogen-bond acceptors (Lipinski definition) is 42. The molecular formula is C57H93NO41S2. The van der Waals surface area contributed by atoms with Gasteiger partial charge < -0.3 is 188 Å². The van der Waals surface area contributed by atoms with Gasteiger partial charge in [-0.05, 0) is 14.0 Å². The number of rotatable bonds is 25. The van der Waals surface area contributed by atoms with Crippen LogP contribution in [0.5, 0.6) is 0 Å². The number of Topliss-reactive ketones (excluding diaryl/α,β-unsaturated/α-hetero) is 2. The minimum Gasteiger partial charge on any atom is -0.481 e. The number of aliphatic carboxylic acids is 2. The van der Waals surface area contributed by atoms with E-state index < -0.39 is 302 Å². The molecule has 0 aromatic carbocycles. The number of nitrogens with one attached hydrogen (secondary N) is 1. The Bertz CT molecular complexity index is 2580. The lowest BCUT2D eigenvalue weighted by Gasteiger charge is -2.50. The molecule has 0 spiro atoms. The second-order valence-corrected chi connectivity index (χ2v) is 27.3. The zero-order valence-corrected chi connectivity index (χ0v) is 55.8. The van der Waals surface area contributed by atoms with E-state index in [1.807, 2.05) is 0 Å². The lowest BCUT2D eigenvalue weighted by Crippen LogP contribution is -2.68. The first-order chi connectivity index (χ1) is 48.0. The molecule has 0 aromatic rings. The molecule has 101 heavy (non-hydrogen) atoms. The quantitative estimate of drug-likeness (QED) is 0.0377. The Balaban J connectivity index is 1.09. The minimum atomic E-state index is -2.32. The van der Waals surface area contributed by atoms with Crippen LogP contribution in [0.1, 0.15) is 13.3 Å². The van der Waals surface area contributed by atoms with E-state index in [2.05, 4.69) is 5.32 Å². The van der Waals surface area contributed by atoms with Crippen molar-refractivity contribution in [2.45, 2.75) is 234 Å². The van der Waals surface area contributed by atoms with Crippen molar-refractivity contribution in [1.29, 1.82) is 0 Å². The van der Waals surface area contributed by atoms with Crippen molar-refractivity contribution in [3.63, 3.8) is 0 Å². The molecular weight excluding hydrogens is 1420 g/mol. The zero-order chi connectivity index (χ0) is 74.0. The zero-order valence-electron chi connectivity index (χ0n) is 54.1. The lowest BCUT2D eigenvalue weighted by molar-refractivity contribution is -0.395. The van der Waals surface area contributed by atoms with Gasteiger partial charge in [0, 0.05) is 29.4 Å². The maximum absolute atomic E-state index is 12.9. The summed E-state index contributed by atoms with van der Waals surface area (Å²) < 4.78 is 92.8. The summed E-state index contributed by atoms with van der Waals surface area (Å²) in [5, 5.41) is 239. The lowest BCUT2D eigenvalue weighted by atomic mass is 9.95. The summed E-state index contributed by atoms with van der Waals surface area (Å²) in [5.74, 6) is -6.54. The Morgan fingerprint density at radius 1 is 0.356 bits per heavy atom. The average Bonchev–Trinajstić information content (AvgIpc) is 0.787. The highest BCUT2D eigenvalue weighted by Gasteiger charge is 2.60. The molecule has 0 aliphatic carbocycles. The van der Waals surface area contributed by atoms with Crippen LogP contribution in [-0.2, 0) is 95.0 Å². The Hall–Kier alpha value is -2.46. The number of carboxylic acids is 2. The summed E-state index contributed by atoms with van der Waals surface area (Å²) in [6.45, 7) is -5.20. The molecule has 0 aromatic heterocycles. The van der Waals surface area contributed by atoms with Gasteiger partial charge in [-0.3, -0.25) is 19.2 Å². The number of thioether (sulfide) groups is 2. The van der Waals surface area contributed by atoms with Gasteiger partial charge in [0.05, 0.1) is 64.4 Å². The largest absolute Gasteiger partial charge is 0.481 e. The molecule has 22 N–H and O–H groups in total. The fourth-order valence-electron chi connectivity index (χ4n) is 12.4. The number of carboxylic acid groups (broad SMARTS) is 2. The molecule has 21 aliphatic rings. The van der Waals surface area contributed by atoms with Crippen molar-refractivity contribution in [3.8, 4) is 0 Å². The smallest absolute Gasteiger partial charge is 0.321 e. The number of aliphatic hydroxyl groups excluding tert-OH is 19. The molecule has 21 aliphatic heterocycles. The molecule has 37 atom stereocenters. The highest BCUT2D eigenvalue weighted by atomic mass is 32.2. The highest BCUT2D eigenvalue weighted by molar-refractivity contribution is 7.99. The molecule has 0 amide bonds. The maximum atomic E-state index is 12.9. The summed E-state index contributed by atoms with van der Waals surface area (Å²) in [6, 6.07) is -1.18. The molecule has 42 nitrogen and oxygen atoms in total. The van der Waals surface area contributed by atoms with Gasteiger partial charge >= 0.3 is 11.9 Å². The first-order valence-corrected chi connectivity index (χ1v) is 34.5. The van der Waals surface area contributed by atoms with Crippen LogP contribution in [0.4, 0.5) is 0 Å². The number of ketones is 2. The summed E-state index contributed by atoms with van der Waals surface area (Å²) >= 11 is 1.63. The number of ether oxygens (including phenoxy) is 16. The van der Waals surface area contributed by atoms with Crippen LogP contribution in [0, 0.1) is 5.92 Å². The first kappa shape index (κ1) is 84.2. The van der Waals surface area contributed by atoms with Gasteiger partial charge in [0.15, 0.2) is 55.6 Å². The van der Waals surface area contributed by atoms with Gasteiger partial charge in [-0.25, -0.2) is 0 Å². The van der Waals surface area contributed by atoms with Crippen molar-refractivity contribution < 1.29 is 202 Å². The average molecular weight is 1510 g/mol. The highest BCUT2D eigenvalue weighted by Crippen LogP contribution is 2.40. The molecule has 21 saturated heterocycles. The van der Waals surface area contributed by atoms with Gasteiger partial charge in [0.1, 0.15) is 178 Å². The Morgan fingerprint density at radius 2 is 0.604 bits per heavy atom. The van der Waals surface area contributed by atoms with E-state index >= 15 is 0 Å². The van der Waals surface area contributed by atoms with Crippen molar-refractivity contribution in [3.05, 3.63) is 0 Å². The van der Waals surface area contributed by atoms with Crippen LogP contribution in [0.2, 0.25) is 0 Å². The monoisotopic (exact) mass is 1510 g/mol. The third-order valence-corrected chi connectivity index (χ3v) is 20.3. The topological polar surface area (TPSA) is 653 Å². The van der Waals surface area contributed by atoms with E-state index in [0.717, 1.165) is 23.5 Å². The number of carbonyl (C=O) groups excluding carboxylic acids is 2. The van der Waals surface area contributed by atoms with Gasteiger partial charge in [-0.15, -0.1) is 0 Å². The van der Waals surface area contributed by atoms with Crippen LogP contribution in [0.25, 0.3) is 0 Å². The van der Waals surface area contributed by atoms with Crippen molar-refractivity contribution in [2.75, 3.05) is 89.5 Å². The summed E-state index contributed by atoms with van der Waals surface area (Å²) in [7, 11) is 1.35. The van der Waals surface area contributed by atoms with Gasteiger partial charge in [-0.2, -0.15) is 23.5 Å². The fraction of sp³-hybridized carbons (Fsp3) is 0.930. The van der Waals surface area contributed by atoms with E-state index in [0.29, 0.717) is 0 Å². The van der Waals surface area contributed by atoms with E-state index in [-0.39, 0.29) is 37.1 Å². The maximum Gasteiger partial charge on any atom is 0.321 e. The second kappa shape index (κ2) is 38.6. The molecule has 14 bridgehead atoms. The SMILES string of the molecule is CN[C@H](CSCC1O[C@H]2O[C@@H]3C(CO)O[C@H](O[C@@H]4C(CO)O[C@@H](O[C@@H]5C(CO)O[C@H](O[C@@H]6C(CSC[C@@H](CC(=O)COCCOCC(C)=O)C(=O)O)O[C@H](O[C@@H]7C(CO)O[C@@H](O[C@@H]8C(CO)O[C@@H](O[C@H]1[C@H](O)C2O)C(O)[C@H]8O)C(O)[C@H]7O)C(O)[C@H]6O)C(O)[C@H]5O)C(O)[C@H]4O)C(O)[C@H]3O)C(=O)O. The predicted molar refractivity (Wildman–Crippen MR) is 322 cm³/mol. The summed E-state index contributed by atoms with van der Waals surface area (Å²) in [6.07, 6.45) is -73.3. The second-order valence-electron chi connectivity index (χ2n) is 25.1. The van der Waals surface area contributed by atoms with Crippen LogP contribution >= 0.6 is 23.5 Å². The molecule has 21 fully saturated rings. The van der Waals surface area contributed by atoms with E-state index in [1.165, 1.54) is 14.0 Å². The van der Waals surface area contributed by atoms with Gasteiger partial charge in [0.25, 0.3) is 0 Å². The molecule has 44 heteroatoms. The van der Waals surface area contributed by atoms with E-state index in [1.54, 1.807) is 0 Å². The first-order valence-electron chi connectivity index (χ1n) is 32.2. The third-order valence-electron chi connectivity index (χ3n) is 18.0. The molecule has 21 heterocycles. The van der Waals surface area contributed by atoms with Crippen LogP contribution < -0.4 is 5.32 Å². The van der Waals surface area contributed by atoms with Crippen molar-refractivity contribution >= 4 is 47.0 Å². The van der Waals surface area contributed by atoms with E-state index in [4.69, 9.17) is 75.8 Å². The normalized spacial score (nSPS) is 45.5. The summed E-state index contributed by atoms with van der Waals surface area (Å²) in [4.78, 5) is 48.5. The van der Waals surface area contributed by atoms with Crippen LogP contribution in [0.15, 0.2) is 0 Å². The van der Waals surface area contributed by atoms with Gasteiger partial charge in [0.2, 0.25) is 0 Å². The number of hydrogen-bond donors (Lipinski definition) is 22. The van der Waals surface area contributed by atoms with Gasteiger partial charge in [-0.1, -0.05) is 0 Å². The van der Waals surface area contributed by atoms with E-state index in [9.17, 15) is 126 Å². The number of carbonyl (C=O) groups is 4. The predicted octanol–water partition coefficient (Wildman–Crippen LogP) is -13.8. The Morgan fingerprint density at radius 3 is 0.842 bits per heavy atom. The minimum absolute atomic E-state index is 0.0588. The Labute approximate surface area is 582 Å². The Kier molecular flexibility index (Phi) is 32.1. The standard InChI is InChI=1S/C57H93NO41S2/c1-17(64)11-84-3-4-85-12-19(65)5-18(49(80)81)13-100-15-26-47-33(71)40(78)56(91-26)96-45-24(9-62)87-53(36(74)29(45)67)95-44-23(8-61)90-55(39(77)32(44)70)99-48-27(16-101-14-20(58-2)50(82)83)92-57(41(79)34(48)72)97-46-25(10-63)88-52(37(75)30(46)68)93-42-21(6-59)86-51(35(73)28(42)66)94-43-22(7-60)89-54(98-47)38(76)31(43)69/h18,20-48,51-63,66-79H,3-16H2,1-2H3,(H,80,81)(H,82,83)/t18-,20-,21?,22?,23?,24?,25?,26?,27?,28-,29-,30-,31-,32-,33-,34-,35?,36?,37?,38?,39?,40?,41?,42-,43-,44-,45-,46-,47-,48-,51+,52-,53+,54-,55+,56-,57+/m1/s1.